The predicted molar refractivity (Wildman–Crippen MR) is 71.5 cm³/mol. The fraction of sp³-hybridized carbons (Fsp3) is 0. The van der Waals surface area contributed by atoms with Crippen molar-refractivity contribution in [2.24, 2.45) is 0 Å². The Morgan fingerprint density at radius 1 is 1.32 bits per heavy atom. The standard InChI is InChI=1S/C13H8N2O3S/c16-10-5-11-9(4-8(10)13(17)18)15-12(19-11)7-2-1-3-14-6-7/h1-6,16H,(H,17,18). The van der Waals surface area contributed by atoms with Gasteiger partial charge in [0.15, 0.2) is 0 Å². The third-order valence-corrected chi connectivity index (χ3v) is 3.71. The van der Waals surface area contributed by atoms with Gasteiger partial charge >= 0.3 is 5.97 Å². The number of rotatable bonds is 2. The van der Waals surface area contributed by atoms with E-state index in [4.69, 9.17) is 5.11 Å². The number of aromatic carboxylic acids is 1. The summed E-state index contributed by atoms with van der Waals surface area (Å²) < 4.78 is 0.737. The van der Waals surface area contributed by atoms with E-state index in [0.29, 0.717) is 5.52 Å². The average Bonchev–Trinajstić information content (AvgIpc) is 2.81. The number of fused-ring (bicyclic) bond motifs is 1. The number of hydrogen-bond acceptors (Lipinski definition) is 5. The quantitative estimate of drug-likeness (QED) is 0.749. The average molecular weight is 272 g/mol. The lowest BCUT2D eigenvalue weighted by atomic mass is 10.2. The van der Waals surface area contributed by atoms with Crippen LogP contribution in [-0.4, -0.2) is 26.2 Å². The van der Waals surface area contributed by atoms with Gasteiger partial charge in [-0.3, -0.25) is 4.98 Å². The minimum Gasteiger partial charge on any atom is -0.507 e. The summed E-state index contributed by atoms with van der Waals surface area (Å²) in [6.07, 6.45) is 3.36. The highest BCUT2D eigenvalue weighted by Crippen LogP contribution is 2.33. The Balaban J connectivity index is 2.19. The van der Waals surface area contributed by atoms with E-state index in [1.54, 1.807) is 12.4 Å². The molecule has 0 aliphatic carbocycles. The van der Waals surface area contributed by atoms with E-state index < -0.39 is 5.97 Å². The summed E-state index contributed by atoms with van der Waals surface area (Å²) in [5.74, 6) is -1.42. The maximum absolute atomic E-state index is 10.9. The smallest absolute Gasteiger partial charge is 0.339 e. The van der Waals surface area contributed by atoms with Crippen LogP contribution in [0.4, 0.5) is 0 Å². The zero-order valence-corrected chi connectivity index (χ0v) is 10.4. The SMILES string of the molecule is O=C(O)c1cc2nc(-c3cccnc3)sc2cc1O. The third kappa shape index (κ3) is 2.02. The van der Waals surface area contributed by atoms with Crippen LogP contribution in [0.1, 0.15) is 10.4 Å². The molecule has 0 amide bonds. The zero-order valence-electron chi connectivity index (χ0n) is 9.57. The van der Waals surface area contributed by atoms with Crippen molar-refractivity contribution < 1.29 is 15.0 Å². The van der Waals surface area contributed by atoms with E-state index in [-0.39, 0.29) is 11.3 Å². The fourth-order valence-electron chi connectivity index (χ4n) is 1.75. The lowest BCUT2D eigenvalue weighted by Gasteiger charge is -1.97. The molecule has 0 bridgehead atoms. The number of carboxylic acid groups (broad SMARTS) is 1. The predicted octanol–water partition coefficient (Wildman–Crippen LogP) is 2.76. The van der Waals surface area contributed by atoms with Gasteiger partial charge in [-0.05, 0) is 18.2 Å². The molecule has 2 N–H and O–H groups in total. The number of hydrogen-bond donors (Lipinski definition) is 2. The lowest BCUT2D eigenvalue weighted by molar-refractivity contribution is 0.0694. The molecule has 19 heavy (non-hydrogen) atoms. The van der Waals surface area contributed by atoms with Gasteiger partial charge in [0.05, 0.1) is 10.2 Å². The maximum atomic E-state index is 10.9. The molecule has 5 nitrogen and oxygen atoms in total. The minimum absolute atomic E-state index is 0.143. The van der Waals surface area contributed by atoms with E-state index in [9.17, 15) is 9.90 Å². The van der Waals surface area contributed by atoms with Crippen molar-refractivity contribution in [3.8, 4) is 16.3 Å². The summed E-state index contributed by atoms with van der Waals surface area (Å²) in [6.45, 7) is 0. The molecule has 0 radical (unpaired) electrons. The normalized spacial score (nSPS) is 10.7. The Hall–Kier alpha value is -2.47. The molecule has 3 aromatic rings. The van der Waals surface area contributed by atoms with Crippen LogP contribution in [0.3, 0.4) is 0 Å². The van der Waals surface area contributed by atoms with Crippen LogP contribution in [0.2, 0.25) is 0 Å². The van der Waals surface area contributed by atoms with E-state index >= 15 is 0 Å². The second-order valence-corrected chi connectivity index (χ2v) is 4.93. The van der Waals surface area contributed by atoms with Gasteiger partial charge in [-0.1, -0.05) is 0 Å². The molecule has 0 unspecified atom stereocenters. The molecule has 6 heteroatoms. The third-order valence-electron chi connectivity index (χ3n) is 2.64. The monoisotopic (exact) mass is 272 g/mol. The van der Waals surface area contributed by atoms with Gasteiger partial charge in [0.2, 0.25) is 0 Å². The number of carboxylic acids is 1. The molecule has 0 aliphatic heterocycles. The highest BCUT2D eigenvalue weighted by molar-refractivity contribution is 7.21. The van der Waals surface area contributed by atoms with Gasteiger partial charge in [-0.15, -0.1) is 11.3 Å². The number of carbonyl (C=O) groups is 1. The van der Waals surface area contributed by atoms with Gasteiger partial charge in [-0.2, -0.15) is 0 Å². The Morgan fingerprint density at radius 2 is 2.16 bits per heavy atom. The first-order valence-corrected chi connectivity index (χ1v) is 6.24. The van der Waals surface area contributed by atoms with Crippen LogP contribution in [-0.2, 0) is 0 Å². The summed E-state index contributed by atoms with van der Waals surface area (Å²) in [5.41, 5.74) is 1.27. The van der Waals surface area contributed by atoms with Gasteiger partial charge in [-0.25, -0.2) is 9.78 Å². The molecule has 0 saturated carbocycles. The molecule has 0 atom stereocenters. The highest BCUT2D eigenvalue weighted by atomic mass is 32.1. The number of pyridine rings is 1. The van der Waals surface area contributed by atoms with Crippen molar-refractivity contribution in [3.05, 3.63) is 42.2 Å². The van der Waals surface area contributed by atoms with Crippen molar-refractivity contribution >= 4 is 27.5 Å². The van der Waals surface area contributed by atoms with E-state index in [2.05, 4.69) is 9.97 Å². The van der Waals surface area contributed by atoms with Gasteiger partial charge < -0.3 is 10.2 Å². The Morgan fingerprint density at radius 3 is 2.84 bits per heavy atom. The van der Waals surface area contributed by atoms with Gasteiger partial charge in [0.25, 0.3) is 0 Å². The Labute approximate surface area is 111 Å². The minimum atomic E-state index is -1.17. The van der Waals surface area contributed by atoms with Crippen LogP contribution in [0.25, 0.3) is 20.8 Å². The molecule has 3 rings (SSSR count). The maximum Gasteiger partial charge on any atom is 0.339 e. The molecule has 0 spiro atoms. The molecule has 2 aromatic heterocycles. The number of benzene rings is 1. The zero-order chi connectivity index (χ0) is 13.4. The fourth-order valence-corrected chi connectivity index (χ4v) is 2.72. The second kappa shape index (κ2) is 4.33. The van der Waals surface area contributed by atoms with Crippen LogP contribution in [0.5, 0.6) is 5.75 Å². The molecule has 1 aromatic carbocycles. The van der Waals surface area contributed by atoms with Crippen LogP contribution < -0.4 is 0 Å². The van der Waals surface area contributed by atoms with Crippen molar-refractivity contribution in [3.63, 3.8) is 0 Å². The summed E-state index contributed by atoms with van der Waals surface area (Å²) in [5, 5.41) is 19.3. The number of aromatic hydroxyl groups is 1. The van der Waals surface area contributed by atoms with E-state index in [1.165, 1.54) is 23.5 Å². The van der Waals surface area contributed by atoms with Crippen molar-refractivity contribution in [1.29, 1.82) is 0 Å². The van der Waals surface area contributed by atoms with E-state index in [1.807, 2.05) is 12.1 Å². The molecule has 0 aliphatic rings. The van der Waals surface area contributed by atoms with Crippen LogP contribution in [0, 0.1) is 0 Å². The summed E-state index contributed by atoms with van der Waals surface area (Å²) in [4.78, 5) is 19.3. The van der Waals surface area contributed by atoms with Crippen LogP contribution >= 0.6 is 11.3 Å². The molecular weight excluding hydrogens is 264 g/mol. The molecule has 94 valence electrons. The summed E-state index contributed by atoms with van der Waals surface area (Å²) in [7, 11) is 0. The van der Waals surface area contributed by atoms with Crippen molar-refractivity contribution in [1.82, 2.24) is 9.97 Å². The van der Waals surface area contributed by atoms with Crippen molar-refractivity contribution in [2.75, 3.05) is 0 Å². The second-order valence-electron chi connectivity index (χ2n) is 3.90. The van der Waals surface area contributed by atoms with Crippen molar-refractivity contribution in [2.45, 2.75) is 0 Å². The lowest BCUT2D eigenvalue weighted by Crippen LogP contribution is -1.96. The van der Waals surface area contributed by atoms with Gasteiger partial charge in [0.1, 0.15) is 16.3 Å². The van der Waals surface area contributed by atoms with E-state index in [0.717, 1.165) is 15.3 Å². The first-order chi connectivity index (χ1) is 9.15. The molecule has 0 saturated heterocycles. The number of aromatic nitrogens is 2. The first-order valence-electron chi connectivity index (χ1n) is 5.42. The highest BCUT2D eigenvalue weighted by Gasteiger charge is 2.14. The Bertz CT molecular complexity index is 768. The summed E-state index contributed by atoms with van der Waals surface area (Å²) in [6, 6.07) is 6.49. The number of phenols is 1. The largest absolute Gasteiger partial charge is 0.507 e. The number of nitrogens with zero attached hydrogens (tertiary/aromatic N) is 2. The molecular formula is C13H8N2O3S. The first kappa shape index (κ1) is 11.6. The van der Waals surface area contributed by atoms with Crippen LogP contribution in [0.15, 0.2) is 36.7 Å². The Kier molecular flexibility index (Phi) is 2.64. The summed E-state index contributed by atoms with van der Waals surface area (Å²) >= 11 is 1.38. The van der Waals surface area contributed by atoms with Gasteiger partial charge in [0, 0.05) is 24.0 Å². The topological polar surface area (TPSA) is 83.3 Å². The number of thiazole rings is 1. The molecule has 0 fully saturated rings. The molecule has 2 heterocycles.